The molecule has 0 aromatic heterocycles. The molecule has 1 heterocycles. The Kier molecular flexibility index (Phi) is 2.51. The van der Waals surface area contributed by atoms with Gasteiger partial charge >= 0.3 is 0 Å². The second-order valence-electron chi connectivity index (χ2n) is 2.86. The molecule has 1 aliphatic heterocycles. The Morgan fingerprint density at radius 1 is 1.64 bits per heavy atom. The second-order valence-corrected chi connectivity index (χ2v) is 5.21. The molecule has 0 spiro atoms. The Bertz CT molecular complexity index is 225. The summed E-state index contributed by atoms with van der Waals surface area (Å²) in [5, 5.41) is -0.250. The van der Waals surface area contributed by atoms with Crippen LogP contribution in [-0.4, -0.2) is 31.2 Å². The van der Waals surface area contributed by atoms with Crippen LogP contribution in [-0.2, 0) is 10.0 Å². The van der Waals surface area contributed by atoms with Gasteiger partial charge in [0.2, 0.25) is 10.0 Å². The lowest BCUT2D eigenvalue weighted by molar-refractivity contribution is 0.374. The molecule has 2 N–H and O–H groups in total. The monoisotopic (exact) mass is 178 g/mol. The molecule has 1 fully saturated rings. The standard InChI is InChI=1S/C6H14N2O2S/c1-6-3-2-4-8(5-7)11(6,9)10/h6H,2-5,7H2,1H3. The summed E-state index contributed by atoms with van der Waals surface area (Å²) in [6.45, 7) is 2.44. The molecule has 0 amide bonds. The molecule has 1 atom stereocenters. The first-order valence-corrected chi connectivity index (χ1v) is 5.28. The highest BCUT2D eigenvalue weighted by Crippen LogP contribution is 2.19. The van der Waals surface area contributed by atoms with Gasteiger partial charge in [-0.05, 0) is 19.8 Å². The maximum Gasteiger partial charge on any atom is 0.217 e. The fourth-order valence-corrected chi connectivity index (χ4v) is 2.85. The van der Waals surface area contributed by atoms with Gasteiger partial charge in [-0.15, -0.1) is 0 Å². The number of sulfonamides is 1. The molecule has 1 unspecified atom stereocenters. The van der Waals surface area contributed by atoms with E-state index in [4.69, 9.17) is 5.73 Å². The van der Waals surface area contributed by atoms with Crippen molar-refractivity contribution in [3.05, 3.63) is 0 Å². The number of hydrogen-bond acceptors (Lipinski definition) is 3. The highest BCUT2D eigenvalue weighted by Gasteiger charge is 2.31. The van der Waals surface area contributed by atoms with Crippen molar-refractivity contribution in [2.45, 2.75) is 25.0 Å². The second kappa shape index (κ2) is 3.08. The van der Waals surface area contributed by atoms with Crippen molar-refractivity contribution in [1.82, 2.24) is 4.31 Å². The van der Waals surface area contributed by atoms with Crippen LogP contribution in [0.3, 0.4) is 0 Å². The van der Waals surface area contributed by atoms with E-state index < -0.39 is 10.0 Å². The first-order valence-electron chi connectivity index (χ1n) is 3.78. The van der Waals surface area contributed by atoms with Gasteiger partial charge in [0.15, 0.2) is 0 Å². The zero-order chi connectivity index (χ0) is 8.48. The molecule has 1 saturated heterocycles. The van der Waals surface area contributed by atoms with Crippen LogP contribution in [0.1, 0.15) is 19.8 Å². The van der Waals surface area contributed by atoms with Crippen LogP contribution >= 0.6 is 0 Å². The SMILES string of the molecule is CC1CCCN(CN)S1(=O)=O. The fourth-order valence-electron chi connectivity index (χ4n) is 1.28. The van der Waals surface area contributed by atoms with E-state index in [1.165, 1.54) is 4.31 Å². The lowest BCUT2D eigenvalue weighted by atomic mass is 10.2. The van der Waals surface area contributed by atoms with Crippen molar-refractivity contribution in [2.75, 3.05) is 13.2 Å². The molecular formula is C6H14N2O2S. The molecule has 0 saturated carbocycles. The number of nitrogens with two attached hydrogens (primary N) is 1. The smallest absolute Gasteiger partial charge is 0.217 e. The van der Waals surface area contributed by atoms with Crippen molar-refractivity contribution in [1.29, 1.82) is 0 Å². The first-order chi connectivity index (χ1) is 5.09. The van der Waals surface area contributed by atoms with Crippen LogP contribution in [0.25, 0.3) is 0 Å². The molecular weight excluding hydrogens is 164 g/mol. The van der Waals surface area contributed by atoms with Gasteiger partial charge in [-0.3, -0.25) is 0 Å². The van der Waals surface area contributed by atoms with Gasteiger partial charge in [-0.2, -0.15) is 4.31 Å². The van der Waals surface area contributed by atoms with Gasteiger partial charge in [-0.1, -0.05) is 0 Å². The topological polar surface area (TPSA) is 63.4 Å². The molecule has 5 heteroatoms. The summed E-state index contributed by atoms with van der Waals surface area (Å²) < 4.78 is 24.1. The van der Waals surface area contributed by atoms with E-state index in [0.29, 0.717) is 6.54 Å². The van der Waals surface area contributed by atoms with Crippen molar-refractivity contribution in [2.24, 2.45) is 5.73 Å². The largest absolute Gasteiger partial charge is 0.317 e. The first kappa shape index (κ1) is 8.96. The van der Waals surface area contributed by atoms with E-state index >= 15 is 0 Å². The van der Waals surface area contributed by atoms with Crippen LogP contribution in [0.2, 0.25) is 0 Å². The Morgan fingerprint density at radius 3 is 2.73 bits per heavy atom. The van der Waals surface area contributed by atoms with Gasteiger partial charge in [0.05, 0.1) is 11.9 Å². The Hall–Kier alpha value is -0.130. The van der Waals surface area contributed by atoms with Crippen LogP contribution in [0.5, 0.6) is 0 Å². The summed E-state index contributed by atoms with van der Waals surface area (Å²) in [5.41, 5.74) is 5.29. The third-order valence-corrected chi connectivity index (χ3v) is 4.39. The summed E-state index contributed by atoms with van der Waals surface area (Å²) in [7, 11) is -3.04. The molecule has 0 aromatic carbocycles. The normalized spacial score (nSPS) is 32.0. The van der Waals surface area contributed by atoms with Crippen LogP contribution in [0, 0.1) is 0 Å². The summed E-state index contributed by atoms with van der Waals surface area (Å²) in [6, 6.07) is 0. The highest BCUT2D eigenvalue weighted by molar-refractivity contribution is 7.89. The maximum atomic E-state index is 11.4. The predicted molar refractivity (Wildman–Crippen MR) is 43.4 cm³/mol. The summed E-state index contributed by atoms with van der Waals surface area (Å²) in [4.78, 5) is 0. The third-order valence-electron chi connectivity index (χ3n) is 2.09. The van der Waals surface area contributed by atoms with Crippen molar-refractivity contribution < 1.29 is 8.42 Å². The molecule has 0 bridgehead atoms. The van der Waals surface area contributed by atoms with Gasteiger partial charge in [0, 0.05) is 6.54 Å². The quantitative estimate of drug-likeness (QED) is 0.600. The third kappa shape index (κ3) is 1.55. The average molecular weight is 178 g/mol. The van der Waals surface area contributed by atoms with E-state index in [2.05, 4.69) is 0 Å². The minimum Gasteiger partial charge on any atom is -0.317 e. The van der Waals surface area contributed by atoms with Gasteiger partial charge in [-0.25, -0.2) is 8.42 Å². The Labute approximate surface area is 67.4 Å². The molecule has 4 nitrogen and oxygen atoms in total. The van der Waals surface area contributed by atoms with Crippen LogP contribution < -0.4 is 5.73 Å². The summed E-state index contributed by atoms with van der Waals surface area (Å²) >= 11 is 0. The Balaban J connectivity index is 2.82. The molecule has 1 aliphatic rings. The van der Waals surface area contributed by atoms with Crippen molar-refractivity contribution in [3.63, 3.8) is 0 Å². The summed E-state index contributed by atoms with van der Waals surface area (Å²) in [6.07, 6.45) is 1.69. The van der Waals surface area contributed by atoms with E-state index in [1.807, 2.05) is 0 Å². The van der Waals surface area contributed by atoms with Crippen molar-refractivity contribution >= 4 is 10.0 Å². The molecule has 0 aliphatic carbocycles. The molecule has 1 rings (SSSR count). The van der Waals surface area contributed by atoms with Crippen LogP contribution in [0.4, 0.5) is 0 Å². The van der Waals surface area contributed by atoms with E-state index in [1.54, 1.807) is 6.92 Å². The van der Waals surface area contributed by atoms with Crippen molar-refractivity contribution in [3.8, 4) is 0 Å². The zero-order valence-electron chi connectivity index (χ0n) is 6.66. The number of hydrogen-bond donors (Lipinski definition) is 1. The van der Waals surface area contributed by atoms with Crippen LogP contribution in [0.15, 0.2) is 0 Å². The summed E-state index contributed by atoms with van der Waals surface area (Å²) in [5.74, 6) is 0. The lowest BCUT2D eigenvalue weighted by Crippen LogP contribution is -2.45. The van der Waals surface area contributed by atoms with Gasteiger partial charge < -0.3 is 5.73 Å². The van der Waals surface area contributed by atoms with Gasteiger partial charge in [0.25, 0.3) is 0 Å². The zero-order valence-corrected chi connectivity index (χ0v) is 7.47. The molecule has 0 radical (unpaired) electrons. The van der Waals surface area contributed by atoms with E-state index in [0.717, 1.165) is 12.8 Å². The van der Waals surface area contributed by atoms with E-state index in [9.17, 15) is 8.42 Å². The minimum atomic E-state index is -3.04. The average Bonchev–Trinajstić information content (AvgIpc) is 1.95. The molecule has 0 aromatic rings. The Morgan fingerprint density at radius 2 is 2.27 bits per heavy atom. The fraction of sp³-hybridized carbons (Fsp3) is 1.00. The molecule has 66 valence electrons. The lowest BCUT2D eigenvalue weighted by Gasteiger charge is -2.28. The number of rotatable bonds is 1. The highest BCUT2D eigenvalue weighted by atomic mass is 32.2. The number of nitrogens with zero attached hydrogens (tertiary/aromatic N) is 1. The van der Waals surface area contributed by atoms with E-state index in [-0.39, 0.29) is 11.9 Å². The van der Waals surface area contributed by atoms with Gasteiger partial charge in [0.1, 0.15) is 0 Å². The minimum absolute atomic E-state index is 0.118. The predicted octanol–water partition coefficient (Wildman–Crippen LogP) is -0.283. The molecule has 11 heavy (non-hydrogen) atoms. The maximum absolute atomic E-state index is 11.4.